The Morgan fingerprint density at radius 2 is 2.30 bits per heavy atom. The normalized spacial score (nSPS) is 23.5. The molecular formula is C15H21N3O2. The maximum absolute atomic E-state index is 10.2. The van der Waals surface area contributed by atoms with E-state index in [9.17, 15) is 15.5 Å². The number of aliphatic hydroxyl groups is 1. The number of piperidine rings is 1. The third kappa shape index (κ3) is 2.92. The van der Waals surface area contributed by atoms with Crippen LogP contribution in [0.25, 0.3) is 0 Å². The molecule has 0 amide bonds. The van der Waals surface area contributed by atoms with Crippen molar-refractivity contribution >= 4 is 0 Å². The summed E-state index contributed by atoms with van der Waals surface area (Å²) in [5.74, 6) is 0.154. The molecule has 1 atom stereocenters. The molecule has 1 aliphatic rings. The summed E-state index contributed by atoms with van der Waals surface area (Å²) in [6.45, 7) is 5.72. The summed E-state index contributed by atoms with van der Waals surface area (Å²) in [5.41, 5.74) is 1.62. The average molecular weight is 275 g/mol. The van der Waals surface area contributed by atoms with Crippen molar-refractivity contribution in [3.63, 3.8) is 0 Å². The SMILES string of the molecule is Cc1ncc(CO)c(CN2CCCC(C)(C#N)C2)c1O. The number of aromatic nitrogens is 1. The highest BCUT2D eigenvalue weighted by Gasteiger charge is 2.31. The Hall–Kier alpha value is -1.64. The van der Waals surface area contributed by atoms with Crippen molar-refractivity contribution in [1.29, 1.82) is 5.26 Å². The Kier molecular flexibility index (Phi) is 4.26. The van der Waals surface area contributed by atoms with Crippen LogP contribution in [0, 0.1) is 23.7 Å². The summed E-state index contributed by atoms with van der Waals surface area (Å²) >= 11 is 0. The van der Waals surface area contributed by atoms with Gasteiger partial charge in [0, 0.05) is 30.4 Å². The highest BCUT2D eigenvalue weighted by molar-refractivity contribution is 5.40. The van der Waals surface area contributed by atoms with Crippen molar-refractivity contribution in [2.24, 2.45) is 5.41 Å². The molecule has 1 unspecified atom stereocenters. The van der Waals surface area contributed by atoms with E-state index in [-0.39, 0.29) is 17.8 Å². The van der Waals surface area contributed by atoms with Gasteiger partial charge in [0.1, 0.15) is 5.75 Å². The van der Waals surface area contributed by atoms with Crippen LogP contribution in [0.15, 0.2) is 6.20 Å². The molecule has 5 heteroatoms. The highest BCUT2D eigenvalue weighted by Crippen LogP contribution is 2.32. The summed E-state index contributed by atoms with van der Waals surface area (Å²) in [6.07, 6.45) is 3.50. The van der Waals surface area contributed by atoms with Crippen LogP contribution < -0.4 is 0 Å². The van der Waals surface area contributed by atoms with Crippen molar-refractivity contribution in [2.75, 3.05) is 13.1 Å². The molecule has 1 aliphatic heterocycles. The predicted molar refractivity (Wildman–Crippen MR) is 74.8 cm³/mol. The number of aryl methyl sites for hydroxylation is 1. The summed E-state index contributed by atoms with van der Waals surface area (Å²) in [5, 5.41) is 28.8. The number of nitrogens with zero attached hydrogens (tertiary/aromatic N) is 3. The number of hydrogen-bond acceptors (Lipinski definition) is 5. The number of pyridine rings is 1. The molecule has 108 valence electrons. The molecule has 2 rings (SSSR count). The van der Waals surface area contributed by atoms with Gasteiger partial charge in [-0.3, -0.25) is 9.88 Å². The maximum Gasteiger partial charge on any atom is 0.141 e. The van der Waals surface area contributed by atoms with Gasteiger partial charge < -0.3 is 10.2 Å². The number of aliphatic hydroxyl groups excluding tert-OH is 1. The molecule has 0 radical (unpaired) electrons. The van der Waals surface area contributed by atoms with Crippen molar-refractivity contribution < 1.29 is 10.2 Å². The fraction of sp³-hybridized carbons (Fsp3) is 0.600. The van der Waals surface area contributed by atoms with E-state index in [1.54, 1.807) is 13.1 Å². The van der Waals surface area contributed by atoms with Gasteiger partial charge in [-0.25, -0.2) is 0 Å². The smallest absolute Gasteiger partial charge is 0.141 e. The zero-order valence-corrected chi connectivity index (χ0v) is 12.1. The Morgan fingerprint density at radius 1 is 1.55 bits per heavy atom. The number of aromatic hydroxyl groups is 1. The molecule has 2 N–H and O–H groups in total. The third-order valence-corrected chi connectivity index (χ3v) is 4.03. The molecule has 0 aromatic carbocycles. The molecule has 20 heavy (non-hydrogen) atoms. The first-order valence-electron chi connectivity index (χ1n) is 6.90. The molecule has 0 aliphatic carbocycles. The largest absolute Gasteiger partial charge is 0.506 e. The molecule has 2 heterocycles. The minimum atomic E-state index is -0.324. The molecule has 0 saturated carbocycles. The van der Waals surface area contributed by atoms with Crippen molar-refractivity contribution in [3.8, 4) is 11.8 Å². The van der Waals surface area contributed by atoms with E-state index < -0.39 is 0 Å². The number of rotatable bonds is 3. The lowest BCUT2D eigenvalue weighted by Gasteiger charge is -2.36. The van der Waals surface area contributed by atoms with Crippen LogP contribution in [0.1, 0.15) is 36.6 Å². The summed E-state index contributed by atoms with van der Waals surface area (Å²) in [4.78, 5) is 6.23. The van der Waals surface area contributed by atoms with Crippen LogP contribution in [0.4, 0.5) is 0 Å². The van der Waals surface area contributed by atoms with E-state index in [0.29, 0.717) is 24.3 Å². The minimum Gasteiger partial charge on any atom is -0.506 e. The van der Waals surface area contributed by atoms with E-state index in [2.05, 4.69) is 16.0 Å². The van der Waals surface area contributed by atoms with Gasteiger partial charge in [0.05, 0.1) is 23.8 Å². The lowest BCUT2D eigenvalue weighted by Crippen LogP contribution is -2.40. The molecule has 1 aromatic heterocycles. The third-order valence-electron chi connectivity index (χ3n) is 4.03. The molecular weight excluding hydrogens is 254 g/mol. The summed E-state index contributed by atoms with van der Waals surface area (Å²) in [6, 6.07) is 2.38. The molecule has 5 nitrogen and oxygen atoms in total. The van der Waals surface area contributed by atoms with Crippen molar-refractivity contribution in [2.45, 2.75) is 39.8 Å². The van der Waals surface area contributed by atoms with Crippen LogP contribution in [0.2, 0.25) is 0 Å². The molecule has 1 saturated heterocycles. The van der Waals surface area contributed by atoms with E-state index >= 15 is 0 Å². The van der Waals surface area contributed by atoms with Gasteiger partial charge in [-0.15, -0.1) is 0 Å². The zero-order chi connectivity index (χ0) is 14.8. The Morgan fingerprint density at radius 3 is 2.95 bits per heavy atom. The fourth-order valence-electron chi connectivity index (χ4n) is 2.79. The Labute approximate surface area is 119 Å². The number of hydrogen-bond donors (Lipinski definition) is 2. The topological polar surface area (TPSA) is 80.4 Å². The second-order valence-corrected chi connectivity index (χ2v) is 5.84. The van der Waals surface area contributed by atoms with E-state index in [4.69, 9.17) is 0 Å². The zero-order valence-electron chi connectivity index (χ0n) is 12.1. The first kappa shape index (κ1) is 14.8. The Balaban J connectivity index is 2.22. The molecule has 1 fully saturated rings. The molecule has 0 spiro atoms. The van der Waals surface area contributed by atoms with Crippen LogP contribution in [0.5, 0.6) is 5.75 Å². The van der Waals surface area contributed by atoms with Gasteiger partial charge in [-0.1, -0.05) is 0 Å². The van der Waals surface area contributed by atoms with Gasteiger partial charge in [-0.05, 0) is 33.2 Å². The number of likely N-dealkylation sites (tertiary alicyclic amines) is 1. The Bertz CT molecular complexity index is 539. The highest BCUT2D eigenvalue weighted by atomic mass is 16.3. The minimum absolute atomic E-state index is 0.139. The first-order valence-corrected chi connectivity index (χ1v) is 6.90. The maximum atomic E-state index is 10.2. The van der Waals surface area contributed by atoms with Gasteiger partial charge in [0.15, 0.2) is 0 Å². The fourth-order valence-corrected chi connectivity index (χ4v) is 2.79. The molecule has 1 aromatic rings. The monoisotopic (exact) mass is 275 g/mol. The van der Waals surface area contributed by atoms with Crippen LogP contribution >= 0.6 is 0 Å². The first-order chi connectivity index (χ1) is 9.49. The van der Waals surface area contributed by atoms with E-state index in [0.717, 1.165) is 24.9 Å². The van der Waals surface area contributed by atoms with E-state index in [1.807, 2.05) is 6.92 Å². The number of nitriles is 1. The quantitative estimate of drug-likeness (QED) is 0.878. The molecule has 0 bridgehead atoms. The van der Waals surface area contributed by atoms with Crippen molar-refractivity contribution in [1.82, 2.24) is 9.88 Å². The lowest BCUT2D eigenvalue weighted by atomic mass is 9.83. The predicted octanol–water partition coefficient (Wildman–Crippen LogP) is 1.71. The second kappa shape index (κ2) is 5.78. The summed E-state index contributed by atoms with van der Waals surface area (Å²) in [7, 11) is 0. The average Bonchev–Trinajstić information content (AvgIpc) is 2.44. The van der Waals surface area contributed by atoms with Crippen LogP contribution in [-0.2, 0) is 13.2 Å². The van der Waals surface area contributed by atoms with Crippen LogP contribution in [-0.4, -0.2) is 33.2 Å². The standard InChI is InChI=1S/C15H21N3O2/c1-11-14(20)13(12(8-19)6-17-11)7-18-5-3-4-15(2,9-16)10-18/h6,19-20H,3-5,7-8,10H2,1-2H3. The van der Waals surface area contributed by atoms with Crippen molar-refractivity contribution in [3.05, 3.63) is 23.0 Å². The van der Waals surface area contributed by atoms with Gasteiger partial charge in [-0.2, -0.15) is 5.26 Å². The lowest BCUT2D eigenvalue weighted by molar-refractivity contribution is 0.134. The van der Waals surface area contributed by atoms with E-state index in [1.165, 1.54) is 0 Å². The van der Waals surface area contributed by atoms with Crippen LogP contribution in [0.3, 0.4) is 0 Å². The summed E-state index contributed by atoms with van der Waals surface area (Å²) < 4.78 is 0. The van der Waals surface area contributed by atoms with Gasteiger partial charge in [0.25, 0.3) is 0 Å². The van der Waals surface area contributed by atoms with Gasteiger partial charge in [0.2, 0.25) is 0 Å². The van der Waals surface area contributed by atoms with Gasteiger partial charge >= 0.3 is 0 Å². The second-order valence-electron chi connectivity index (χ2n) is 5.84.